The molecule has 37 heavy (non-hydrogen) atoms. The number of Topliss-reactive ketones (excluding diaryl/α,β-unsaturated/α-hetero) is 2. The maximum Gasteiger partial charge on any atom is 0.328 e. The molecule has 8 nitrogen and oxygen atoms in total. The topological polar surface area (TPSA) is 115 Å². The number of nitrogens with one attached hydrogen (secondary N) is 2. The summed E-state index contributed by atoms with van der Waals surface area (Å²) in [5.74, 6) is -0.731. The fourth-order valence-electron chi connectivity index (χ4n) is 5.44. The van der Waals surface area contributed by atoms with E-state index >= 15 is 0 Å². The smallest absolute Gasteiger partial charge is 0.328 e. The normalized spacial score (nSPS) is 20.8. The number of ether oxygens (including phenoxy) is 2. The minimum atomic E-state index is -0.915. The third-order valence-electron chi connectivity index (χ3n) is 7.86. The van der Waals surface area contributed by atoms with Gasteiger partial charge in [0.2, 0.25) is 5.91 Å². The number of methoxy groups -OCH3 is 2. The van der Waals surface area contributed by atoms with Crippen LogP contribution in [0.15, 0.2) is 24.3 Å². The quantitative estimate of drug-likeness (QED) is 0.337. The Kier molecular flexibility index (Phi) is 8.05. The second-order valence-corrected chi connectivity index (χ2v) is 11.5. The van der Waals surface area contributed by atoms with E-state index in [4.69, 9.17) is 9.47 Å². The highest BCUT2D eigenvalue weighted by Crippen LogP contribution is 2.39. The molecule has 0 aliphatic heterocycles. The number of hydrogen-bond donors (Lipinski definition) is 2. The first-order chi connectivity index (χ1) is 17.6. The fourth-order valence-corrected chi connectivity index (χ4v) is 5.44. The van der Waals surface area contributed by atoms with Crippen molar-refractivity contribution < 1.29 is 28.7 Å². The second-order valence-electron chi connectivity index (χ2n) is 11.5. The van der Waals surface area contributed by atoms with Crippen LogP contribution in [0.5, 0.6) is 5.75 Å². The van der Waals surface area contributed by atoms with Crippen LogP contribution in [0.1, 0.15) is 75.7 Å². The zero-order valence-electron chi connectivity index (χ0n) is 22.2. The minimum absolute atomic E-state index is 0.0297. The Morgan fingerprint density at radius 2 is 1.89 bits per heavy atom. The van der Waals surface area contributed by atoms with E-state index < -0.39 is 17.9 Å². The van der Waals surface area contributed by atoms with Crippen molar-refractivity contribution in [2.75, 3.05) is 14.2 Å². The van der Waals surface area contributed by atoms with Crippen molar-refractivity contribution in [2.45, 2.75) is 71.3 Å². The molecular weight excluding hydrogens is 472 g/mol. The third kappa shape index (κ3) is 6.59. The van der Waals surface area contributed by atoms with Crippen molar-refractivity contribution in [3.05, 3.63) is 30.0 Å². The molecule has 2 aliphatic carbocycles. The van der Waals surface area contributed by atoms with Crippen LogP contribution >= 0.6 is 0 Å². The van der Waals surface area contributed by atoms with E-state index in [0.717, 1.165) is 30.2 Å². The zero-order valence-corrected chi connectivity index (χ0v) is 22.2. The fraction of sp³-hybridized carbons (Fsp3) is 0.586. The van der Waals surface area contributed by atoms with Gasteiger partial charge >= 0.3 is 5.97 Å². The molecule has 0 bridgehead atoms. The molecule has 1 aromatic heterocycles. The van der Waals surface area contributed by atoms with Gasteiger partial charge in [0.15, 0.2) is 5.78 Å². The Balaban J connectivity index is 1.46. The maximum absolute atomic E-state index is 13.4. The van der Waals surface area contributed by atoms with Crippen LogP contribution in [0.3, 0.4) is 0 Å². The highest BCUT2D eigenvalue weighted by molar-refractivity contribution is 6.02. The summed E-state index contributed by atoms with van der Waals surface area (Å²) in [5, 5.41) is 3.65. The van der Waals surface area contributed by atoms with Gasteiger partial charge in [-0.15, -0.1) is 0 Å². The largest absolute Gasteiger partial charge is 0.496 e. The standard InChI is InChI=1S/C29H38N2O6/c1-29(2)11-10-18(25(33)16-29)13-23(28(35)37-4)31-27(34)19(12-17-8-9-17)14-24(32)22-15-20-21(30-22)6-5-7-26(20)36-3/h5-7,15,17-19,23,30H,8-14,16H2,1-4H3,(H,31,34)/t18-,19+,23-/m0/s1. The van der Waals surface area contributed by atoms with E-state index in [-0.39, 0.29) is 41.6 Å². The lowest BCUT2D eigenvalue weighted by molar-refractivity contribution is -0.146. The number of aromatic nitrogens is 1. The van der Waals surface area contributed by atoms with Crippen LogP contribution in [0.4, 0.5) is 0 Å². The maximum atomic E-state index is 13.4. The van der Waals surface area contributed by atoms with E-state index in [0.29, 0.717) is 36.6 Å². The summed E-state index contributed by atoms with van der Waals surface area (Å²) in [6.45, 7) is 4.15. The van der Waals surface area contributed by atoms with Gasteiger partial charge in [-0.3, -0.25) is 14.4 Å². The SMILES string of the molecule is COC(=O)[C@H](C[C@@H]1CCC(C)(C)CC1=O)NC(=O)[C@@H](CC(=O)c1cc2c(OC)cccc2[nH]1)CC1CC1. The lowest BCUT2D eigenvalue weighted by Gasteiger charge is -2.34. The molecule has 1 amide bonds. The number of carbonyl (C=O) groups excluding carboxylic acids is 4. The van der Waals surface area contributed by atoms with E-state index in [1.165, 1.54) is 7.11 Å². The van der Waals surface area contributed by atoms with Crippen LogP contribution in [0, 0.1) is 23.2 Å². The first-order valence-corrected chi connectivity index (χ1v) is 13.2. The number of H-pyrrole nitrogens is 1. The van der Waals surface area contributed by atoms with Gasteiger partial charge < -0.3 is 19.8 Å². The van der Waals surface area contributed by atoms with Crippen molar-refractivity contribution in [1.29, 1.82) is 0 Å². The Labute approximate surface area is 217 Å². The second kappa shape index (κ2) is 11.1. The molecule has 0 spiro atoms. The van der Waals surface area contributed by atoms with Crippen molar-refractivity contribution in [1.82, 2.24) is 10.3 Å². The number of amides is 1. The van der Waals surface area contributed by atoms with E-state index in [1.54, 1.807) is 13.2 Å². The van der Waals surface area contributed by atoms with Gasteiger partial charge in [0, 0.05) is 35.6 Å². The molecule has 3 atom stereocenters. The molecule has 2 aromatic rings. The molecule has 2 fully saturated rings. The van der Waals surface area contributed by atoms with Gasteiger partial charge in [-0.2, -0.15) is 0 Å². The van der Waals surface area contributed by atoms with Gasteiger partial charge in [0.1, 0.15) is 17.6 Å². The molecule has 8 heteroatoms. The highest BCUT2D eigenvalue weighted by Gasteiger charge is 2.38. The average Bonchev–Trinajstić information content (AvgIpc) is 3.57. The van der Waals surface area contributed by atoms with Gasteiger partial charge in [0.05, 0.1) is 19.9 Å². The monoisotopic (exact) mass is 510 g/mol. The minimum Gasteiger partial charge on any atom is -0.496 e. The van der Waals surface area contributed by atoms with Crippen molar-refractivity contribution in [2.24, 2.45) is 23.2 Å². The first kappa shape index (κ1) is 26.9. The van der Waals surface area contributed by atoms with Crippen molar-refractivity contribution >= 4 is 34.3 Å². The Hall–Kier alpha value is -3.16. The molecule has 1 aromatic carbocycles. The number of aromatic amines is 1. The van der Waals surface area contributed by atoms with Crippen molar-refractivity contribution in [3.63, 3.8) is 0 Å². The number of rotatable bonds is 11. The molecule has 0 saturated heterocycles. The molecule has 1 heterocycles. The highest BCUT2D eigenvalue weighted by atomic mass is 16.5. The zero-order chi connectivity index (χ0) is 26.7. The summed E-state index contributed by atoms with van der Waals surface area (Å²) >= 11 is 0. The van der Waals surface area contributed by atoms with Crippen LogP contribution in [-0.4, -0.2) is 48.7 Å². The first-order valence-electron chi connectivity index (χ1n) is 13.2. The number of ketones is 2. The van der Waals surface area contributed by atoms with Gasteiger partial charge in [-0.1, -0.05) is 32.8 Å². The van der Waals surface area contributed by atoms with E-state index in [2.05, 4.69) is 24.1 Å². The lowest BCUT2D eigenvalue weighted by atomic mass is 9.71. The van der Waals surface area contributed by atoms with Gasteiger partial charge in [-0.25, -0.2) is 4.79 Å². The lowest BCUT2D eigenvalue weighted by Crippen LogP contribution is -2.47. The molecule has 0 radical (unpaired) electrons. The van der Waals surface area contributed by atoms with Crippen LogP contribution in [0.2, 0.25) is 0 Å². The molecule has 200 valence electrons. The molecule has 4 rings (SSSR count). The third-order valence-corrected chi connectivity index (χ3v) is 7.86. The average molecular weight is 511 g/mol. The number of benzene rings is 1. The van der Waals surface area contributed by atoms with Crippen LogP contribution < -0.4 is 10.1 Å². The van der Waals surface area contributed by atoms with Crippen LogP contribution in [-0.2, 0) is 19.1 Å². The van der Waals surface area contributed by atoms with E-state index in [1.807, 2.05) is 18.2 Å². The Morgan fingerprint density at radius 3 is 2.54 bits per heavy atom. The van der Waals surface area contributed by atoms with Crippen LogP contribution in [0.25, 0.3) is 10.9 Å². The molecule has 0 unspecified atom stereocenters. The van der Waals surface area contributed by atoms with Gasteiger partial charge in [0.25, 0.3) is 0 Å². The summed E-state index contributed by atoms with van der Waals surface area (Å²) in [7, 11) is 2.86. The predicted molar refractivity (Wildman–Crippen MR) is 139 cm³/mol. The number of fused-ring (bicyclic) bond motifs is 1. The van der Waals surface area contributed by atoms with E-state index in [9.17, 15) is 19.2 Å². The summed E-state index contributed by atoms with van der Waals surface area (Å²) in [6, 6.07) is 6.40. The summed E-state index contributed by atoms with van der Waals surface area (Å²) in [5.41, 5.74) is 1.17. The molecule has 2 N–H and O–H groups in total. The Bertz CT molecular complexity index is 1180. The number of hydrogen-bond acceptors (Lipinski definition) is 6. The summed E-state index contributed by atoms with van der Waals surface area (Å²) in [6.07, 6.45) is 4.95. The Morgan fingerprint density at radius 1 is 1.14 bits per heavy atom. The van der Waals surface area contributed by atoms with Gasteiger partial charge in [-0.05, 0) is 55.2 Å². The van der Waals surface area contributed by atoms with Crippen molar-refractivity contribution in [3.8, 4) is 5.75 Å². The molecular formula is C29H38N2O6. The molecule has 2 aliphatic rings. The molecule has 2 saturated carbocycles. The number of esters is 1. The summed E-state index contributed by atoms with van der Waals surface area (Å²) < 4.78 is 10.4. The number of carbonyl (C=O) groups is 4. The summed E-state index contributed by atoms with van der Waals surface area (Å²) in [4.78, 5) is 55.1. The predicted octanol–water partition coefficient (Wildman–Crippen LogP) is 4.61.